The molecule has 1 heterocycles. The molecule has 0 saturated carbocycles. The second-order valence-corrected chi connectivity index (χ2v) is 2.90. The van der Waals surface area contributed by atoms with Crippen molar-refractivity contribution >= 4 is 15.9 Å². The Balaban J connectivity index is 3.02. The average molecular weight is 218 g/mol. The number of rotatable bonds is 2. The molecule has 2 N–H and O–H groups in total. The second kappa shape index (κ2) is 3.80. The summed E-state index contributed by atoms with van der Waals surface area (Å²) in [6.45, 7) is -0.214. The van der Waals surface area contributed by atoms with E-state index in [1.807, 2.05) is 0 Å². The molecule has 1 aromatic heterocycles. The minimum Gasteiger partial charge on any atom is -0.390 e. The van der Waals surface area contributed by atoms with Gasteiger partial charge < -0.3 is 10.2 Å². The smallest absolute Gasteiger partial charge is 0.0864 e. The number of nitrogens with zero attached hydrogens (tertiary/aromatic N) is 1. The lowest BCUT2D eigenvalue weighted by Gasteiger charge is -2.01. The lowest BCUT2D eigenvalue weighted by molar-refractivity contribution is 0.265. The Morgan fingerprint density at radius 3 is 2.55 bits per heavy atom. The number of halogens is 1. The molecule has 11 heavy (non-hydrogen) atoms. The highest BCUT2D eigenvalue weighted by Gasteiger charge is 2.00. The Bertz CT molecular complexity index is 252. The maximum Gasteiger partial charge on any atom is 0.0864 e. The van der Waals surface area contributed by atoms with Crippen LogP contribution in [0.5, 0.6) is 0 Å². The van der Waals surface area contributed by atoms with Crippen LogP contribution in [0.1, 0.15) is 11.4 Å². The Labute approximate surface area is 72.8 Å². The van der Waals surface area contributed by atoms with Gasteiger partial charge in [-0.15, -0.1) is 0 Å². The first-order valence-electron chi connectivity index (χ1n) is 3.14. The zero-order valence-corrected chi connectivity index (χ0v) is 7.37. The molecular formula is C7H8BrNO2. The van der Waals surface area contributed by atoms with Crippen LogP contribution in [0.2, 0.25) is 0 Å². The monoisotopic (exact) mass is 217 g/mol. The molecule has 0 unspecified atom stereocenters. The van der Waals surface area contributed by atoms with Gasteiger partial charge in [-0.05, 0) is 28.1 Å². The Hall–Kier alpha value is -0.450. The van der Waals surface area contributed by atoms with Gasteiger partial charge in [0, 0.05) is 4.47 Å². The van der Waals surface area contributed by atoms with Crippen molar-refractivity contribution < 1.29 is 10.2 Å². The van der Waals surface area contributed by atoms with Gasteiger partial charge in [0.05, 0.1) is 24.6 Å². The summed E-state index contributed by atoms with van der Waals surface area (Å²) in [4.78, 5) is 3.96. The van der Waals surface area contributed by atoms with Crippen molar-refractivity contribution in [1.82, 2.24) is 4.98 Å². The van der Waals surface area contributed by atoms with Crippen molar-refractivity contribution in [2.45, 2.75) is 13.2 Å². The molecule has 0 spiro atoms. The van der Waals surface area contributed by atoms with Crippen LogP contribution < -0.4 is 0 Å². The Morgan fingerprint density at radius 1 is 1.27 bits per heavy atom. The van der Waals surface area contributed by atoms with Crippen molar-refractivity contribution in [1.29, 1.82) is 0 Å². The van der Waals surface area contributed by atoms with Crippen molar-refractivity contribution in [2.24, 2.45) is 0 Å². The molecule has 0 aliphatic carbocycles. The van der Waals surface area contributed by atoms with E-state index in [1.165, 1.54) is 0 Å². The quantitative estimate of drug-likeness (QED) is 0.772. The standard InChI is InChI=1S/C7H8BrNO2/c8-6-2-1-5(3-10)9-7(6)4-11/h1-2,10-11H,3-4H2. The number of aromatic nitrogens is 1. The van der Waals surface area contributed by atoms with Gasteiger partial charge in [-0.25, -0.2) is 0 Å². The van der Waals surface area contributed by atoms with Crippen LogP contribution in [-0.2, 0) is 13.2 Å². The topological polar surface area (TPSA) is 53.4 Å². The van der Waals surface area contributed by atoms with Crippen molar-refractivity contribution in [3.63, 3.8) is 0 Å². The van der Waals surface area contributed by atoms with E-state index in [4.69, 9.17) is 10.2 Å². The van der Waals surface area contributed by atoms with E-state index in [-0.39, 0.29) is 13.2 Å². The van der Waals surface area contributed by atoms with Crippen molar-refractivity contribution in [3.8, 4) is 0 Å². The summed E-state index contributed by atoms with van der Waals surface area (Å²) in [5.41, 5.74) is 1.12. The number of aliphatic hydroxyl groups is 2. The number of hydrogen-bond donors (Lipinski definition) is 2. The SMILES string of the molecule is OCc1ccc(Br)c(CO)n1. The summed E-state index contributed by atoms with van der Waals surface area (Å²) in [5.74, 6) is 0. The molecule has 0 amide bonds. The normalized spacial score (nSPS) is 10.1. The van der Waals surface area contributed by atoms with E-state index in [2.05, 4.69) is 20.9 Å². The van der Waals surface area contributed by atoms with E-state index in [1.54, 1.807) is 12.1 Å². The lowest BCUT2D eigenvalue weighted by atomic mass is 10.3. The fraction of sp³-hybridized carbons (Fsp3) is 0.286. The van der Waals surface area contributed by atoms with Crippen LogP contribution in [0.3, 0.4) is 0 Å². The van der Waals surface area contributed by atoms with Crippen LogP contribution in [0.4, 0.5) is 0 Å². The molecular weight excluding hydrogens is 210 g/mol. The predicted octanol–water partition coefficient (Wildman–Crippen LogP) is 0.829. The molecule has 3 nitrogen and oxygen atoms in total. The first kappa shape index (κ1) is 8.64. The first-order chi connectivity index (χ1) is 5.27. The highest BCUT2D eigenvalue weighted by molar-refractivity contribution is 9.10. The van der Waals surface area contributed by atoms with Crippen LogP contribution in [0, 0.1) is 0 Å². The largest absolute Gasteiger partial charge is 0.390 e. The van der Waals surface area contributed by atoms with Crippen molar-refractivity contribution in [3.05, 3.63) is 28.0 Å². The highest BCUT2D eigenvalue weighted by Crippen LogP contribution is 2.14. The zero-order chi connectivity index (χ0) is 8.27. The lowest BCUT2D eigenvalue weighted by Crippen LogP contribution is -1.96. The van der Waals surface area contributed by atoms with E-state index in [0.717, 1.165) is 4.47 Å². The molecule has 0 fully saturated rings. The van der Waals surface area contributed by atoms with Gasteiger partial charge in [-0.3, -0.25) is 4.98 Å². The molecule has 0 aliphatic heterocycles. The zero-order valence-electron chi connectivity index (χ0n) is 5.79. The van der Waals surface area contributed by atoms with Gasteiger partial charge in [-0.2, -0.15) is 0 Å². The van der Waals surface area contributed by atoms with Crippen LogP contribution in [0.15, 0.2) is 16.6 Å². The minimum absolute atomic E-state index is 0.0969. The molecule has 0 saturated heterocycles. The van der Waals surface area contributed by atoms with E-state index < -0.39 is 0 Å². The fourth-order valence-corrected chi connectivity index (χ4v) is 1.07. The average Bonchev–Trinajstić information content (AvgIpc) is 2.05. The van der Waals surface area contributed by atoms with Gasteiger partial charge in [0.1, 0.15) is 0 Å². The molecule has 4 heteroatoms. The third kappa shape index (κ3) is 1.99. The second-order valence-electron chi connectivity index (χ2n) is 2.05. The van der Waals surface area contributed by atoms with Gasteiger partial charge in [0.15, 0.2) is 0 Å². The van der Waals surface area contributed by atoms with Crippen LogP contribution in [-0.4, -0.2) is 15.2 Å². The summed E-state index contributed by atoms with van der Waals surface area (Å²) in [6.07, 6.45) is 0. The molecule has 1 rings (SSSR count). The first-order valence-corrected chi connectivity index (χ1v) is 3.93. The summed E-state index contributed by atoms with van der Waals surface area (Å²) >= 11 is 3.22. The van der Waals surface area contributed by atoms with Gasteiger partial charge in [0.2, 0.25) is 0 Å². The Kier molecular flexibility index (Phi) is 2.99. The van der Waals surface area contributed by atoms with Crippen LogP contribution >= 0.6 is 15.9 Å². The number of pyridine rings is 1. The summed E-state index contributed by atoms with van der Waals surface area (Å²) in [7, 11) is 0. The third-order valence-corrected chi connectivity index (χ3v) is 2.01. The predicted molar refractivity (Wildman–Crippen MR) is 43.8 cm³/mol. The minimum atomic E-state index is -0.117. The third-order valence-electron chi connectivity index (χ3n) is 1.29. The van der Waals surface area contributed by atoms with E-state index in [0.29, 0.717) is 11.4 Å². The highest BCUT2D eigenvalue weighted by atomic mass is 79.9. The summed E-state index contributed by atoms with van der Waals surface area (Å²) in [6, 6.07) is 3.45. The van der Waals surface area contributed by atoms with Crippen LogP contribution in [0.25, 0.3) is 0 Å². The molecule has 0 aliphatic rings. The van der Waals surface area contributed by atoms with E-state index >= 15 is 0 Å². The fourth-order valence-electron chi connectivity index (χ4n) is 0.729. The Morgan fingerprint density at radius 2 is 2.00 bits per heavy atom. The molecule has 0 atom stereocenters. The number of hydrogen-bond acceptors (Lipinski definition) is 3. The molecule has 0 aromatic carbocycles. The van der Waals surface area contributed by atoms with Gasteiger partial charge in [-0.1, -0.05) is 0 Å². The molecule has 0 radical (unpaired) electrons. The maximum absolute atomic E-state index is 8.76. The molecule has 0 bridgehead atoms. The van der Waals surface area contributed by atoms with Gasteiger partial charge >= 0.3 is 0 Å². The summed E-state index contributed by atoms with van der Waals surface area (Å²) < 4.78 is 0.761. The van der Waals surface area contributed by atoms with E-state index in [9.17, 15) is 0 Å². The van der Waals surface area contributed by atoms with Crippen molar-refractivity contribution in [2.75, 3.05) is 0 Å². The van der Waals surface area contributed by atoms with Gasteiger partial charge in [0.25, 0.3) is 0 Å². The maximum atomic E-state index is 8.76. The molecule has 60 valence electrons. The molecule has 1 aromatic rings. The number of aliphatic hydroxyl groups excluding tert-OH is 2. The summed E-state index contributed by atoms with van der Waals surface area (Å²) in [5, 5.41) is 17.5.